The van der Waals surface area contributed by atoms with Crippen LogP contribution in [0.5, 0.6) is 0 Å². The minimum Gasteiger partial charge on any atom is -0.463 e. The van der Waals surface area contributed by atoms with Crippen LogP contribution in [0.4, 0.5) is 9.59 Å². The van der Waals surface area contributed by atoms with Crippen molar-refractivity contribution in [3.8, 4) is 0 Å². The van der Waals surface area contributed by atoms with Crippen LogP contribution in [0.1, 0.15) is 39.3 Å². The summed E-state index contributed by atoms with van der Waals surface area (Å²) in [6, 6.07) is 3.72. The number of nitrogens with one attached hydrogen (secondary N) is 2. The fourth-order valence-electron chi connectivity index (χ4n) is 4.39. The van der Waals surface area contributed by atoms with E-state index in [9.17, 15) is 14.4 Å². The molecule has 1 fully saturated rings. The average Bonchev–Trinajstić information content (AvgIpc) is 2.76. The Bertz CT molecular complexity index is 1020. The number of piperazine rings is 1. The van der Waals surface area contributed by atoms with Crippen LogP contribution in [0.25, 0.3) is 0 Å². The maximum absolute atomic E-state index is 13.2. The molecule has 0 unspecified atom stereocenters. The van der Waals surface area contributed by atoms with Crippen molar-refractivity contribution in [2.24, 2.45) is 0 Å². The van der Waals surface area contributed by atoms with Crippen molar-refractivity contribution in [3.05, 3.63) is 45.1 Å². The Balaban J connectivity index is 1.93. The molecule has 0 spiro atoms. The molecule has 4 amide bonds. The minimum atomic E-state index is -0.784. The lowest BCUT2D eigenvalue weighted by Crippen LogP contribution is -2.58. The van der Waals surface area contributed by atoms with Crippen molar-refractivity contribution in [1.29, 1.82) is 0 Å². The molecule has 0 aromatic heterocycles. The van der Waals surface area contributed by atoms with Gasteiger partial charge in [-0.25, -0.2) is 14.4 Å². The molecule has 9 nitrogen and oxygen atoms in total. The molecule has 3 rings (SSSR count). The van der Waals surface area contributed by atoms with Crippen molar-refractivity contribution in [1.82, 2.24) is 25.3 Å². The highest BCUT2D eigenvalue weighted by Gasteiger charge is 2.39. The van der Waals surface area contributed by atoms with Crippen LogP contribution in [-0.4, -0.2) is 84.6 Å². The largest absolute Gasteiger partial charge is 0.463 e. The molecule has 0 aliphatic carbocycles. The van der Waals surface area contributed by atoms with Gasteiger partial charge in [0.1, 0.15) is 0 Å². The molecule has 2 aliphatic heterocycles. The molecular formula is C24H33Cl2N5O4. The zero-order valence-corrected chi connectivity index (χ0v) is 22.2. The molecule has 2 N–H and O–H groups in total. The molecule has 0 saturated carbocycles. The zero-order chi connectivity index (χ0) is 25.9. The van der Waals surface area contributed by atoms with Gasteiger partial charge >= 0.3 is 18.0 Å². The number of halogens is 2. The second kappa shape index (κ2) is 11.5. The van der Waals surface area contributed by atoms with E-state index in [1.165, 1.54) is 4.90 Å². The summed E-state index contributed by atoms with van der Waals surface area (Å²) < 4.78 is 5.38. The third kappa shape index (κ3) is 6.20. The van der Waals surface area contributed by atoms with Crippen LogP contribution in [0.3, 0.4) is 0 Å². The first-order valence-electron chi connectivity index (χ1n) is 11.7. The molecule has 2 heterocycles. The van der Waals surface area contributed by atoms with E-state index in [2.05, 4.69) is 15.5 Å². The van der Waals surface area contributed by atoms with Crippen molar-refractivity contribution >= 4 is 41.2 Å². The molecule has 2 aliphatic rings. The van der Waals surface area contributed by atoms with Gasteiger partial charge in [0.25, 0.3) is 0 Å². The maximum Gasteiger partial charge on any atom is 0.338 e. The number of hydrogen-bond donors (Lipinski definition) is 2. The Morgan fingerprint density at radius 3 is 2.57 bits per heavy atom. The fourth-order valence-corrected chi connectivity index (χ4v) is 4.90. The topological polar surface area (TPSA) is 94.2 Å². The monoisotopic (exact) mass is 525 g/mol. The van der Waals surface area contributed by atoms with Gasteiger partial charge in [-0.05, 0) is 45.4 Å². The Morgan fingerprint density at radius 2 is 1.97 bits per heavy atom. The van der Waals surface area contributed by atoms with Gasteiger partial charge in [-0.15, -0.1) is 0 Å². The van der Waals surface area contributed by atoms with Crippen LogP contribution in [0.15, 0.2) is 29.5 Å². The molecular weight excluding hydrogens is 493 g/mol. The summed E-state index contributed by atoms with van der Waals surface area (Å²) in [4.78, 5) is 44.0. The molecule has 2 atom stereocenters. The Hall–Kier alpha value is -2.49. The Kier molecular flexibility index (Phi) is 8.90. The zero-order valence-electron chi connectivity index (χ0n) is 20.7. The lowest BCUT2D eigenvalue weighted by molar-refractivity contribution is -0.139. The molecule has 11 heteroatoms. The quantitative estimate of drug-likeness (QED) is 0.553. The molecule has 0 bridgehead atoms. The van der Waals surface area contributed by atoms with Crippen LogP contribution in [0, 0.1) is 0 Å². The predicted octanol–water partition coefficient (Wildman–Crippen LogP) is 3.63. The number of esters is 1. The number of hydrogen-bond acceptors (Lipinski definition) is 5. The Labute approximate surface area is 216 Å². The minimum absolute atomic E-state index is 0.0432. The standard InChI is InChI=1S/C24H33Cl2N5O4/c1-6-35-22(32)20-19(13-30-9-10-31(15(4)12-30)24(34)27-14(2)3)29(5)23(33)28-21(20)17-8-7-16(25)11-18(17)26/h7-8,11,14-15,21H,6,9-10,12-13H2,1-5H3,(H,27,34)(H,28,33)/t15-,21-/m1/s1. The molecule has 1 aromatic carbocycles. The van der Waals surface area contributed by atoms with E-state index in [1.807, 2.05) is 25.7 Å². The summed E-state index contributed by atoms with van der Waals surface area (Å²) in [5.41, 5.74) is 1.42. The summed E-state index contributed by atoms with van der Waals surface area (Å²) in [6.45, 7) is 9.81. The number of ether oxygens (including phenoxy) is 1. The number of nitrogens with zero attached hydrogens (tertiary/aromatic N) is 3. The van der Waals surface area contributed by atoms with Crippen LogP contribution in [0.2, 0.25) is 10.0 Å². The van der Waals surface area contributed by atoms with E-state index < -0.39 is 12.0 Å². The summed E-state index contributed by atoms with van der Waals surface area (Å²) in [6.07, 6.45) is 0. The normalized spacial score (nSPS) is 21.3. The fraction of sp³-hybridized carbons (Fsp3) is 0.542. The van der Waals surface area contributed by atoms with Crippen molar-refractivity contribution in [2.45, 2.75) is 45.8 Å². The second-order valence-corrected chi connectivity index (χ2v) is 9.91. The van der Waals surface area contributed by atoms with E-state index in [0.717, 1.165) is 0 Å². The first-order valence-corrected chi connectivity index (χ1v) is 12.5. The van der Waals surface area contributed by atoms with Gasteiger partial charge in [0.2, 0.25) is 0 Å². The number of benzene rings is 1. The number of rotatable bonds is 6. The SMILES string of the molecule is CCOC(=O)C1=C(CN2CCN(C(=O)NC(C)C)[C@H](C)C2)N(C)C(=O)N[C@@H]1c1ccc(Cl)cc1Cl. The average molecular weight is 526 g/mol. The van der Waals surface area contributed by atoms with Crippen LogP contribution in [-0.2, 0) is 9.53 Å². The molecule has 35 heavy (non-hydrogen) atoms. The number of amides is 4. The van der Waals surface area contributed by atoms with Crippen molar-refractivity contribution < 1.29 is 19.1 Å². The van der Waals surface area contributed by atoms with Gasteiger partial charge in [0, 0.05) is 61.1 Å². The highest BCUT2D eigenvalue weighted by Crippen LogP contribution is 2.36. The lowest BCUT2D eigenvalue weighted by Gasteiger charge is -2.42. The van der Waals surface area contributed by atoms with E-state index in [-0.39, 0.29) is 30.8 Å². The van der Waals surface area contributed by atoms with Gasteiger partial charge in [0.05, 0.1) is 18.2 Å². The number of carbonyl (C=O) groups excluding carboxylic acids is 3. The number of urea groups is 2. The van der Waals surface area contributed by atoms with E-state index in [1.54, 1.807) is 32.2 Å². The molecule has 192 valence electrons. The number of likely N-dealkylation sites (N-methyl/N-ethyl adjacent to an activating group) is 1. The summed E-state index contributed by atoms with van der Waals surface area (Å²) in [5.74, 6) is -0.520. The summed E-state index contributed by atoms with van der Waals surface area (Å²) in [7, 11) is 1.62. The highest BCUT2D eigenvalue weighted by atomic mass is 35.5. The summed E-state index contributed by atoms with van der Waals surface area (Å²) in [5, 5.41) is 6.60. The maximum atomic E-state index is 13.2. The molecule has 1 saturated heterocycles. The van der Waals surface area contributed by atoms with Gasteiger partial charge in [-0.3, -0.25) is 9.80 Å². The van der Waals surface area contributed by atoms with Gasteiger partial charge in [-0.1, -0.05) is 29.3 Å². The van der Waals surface area contributed by atoms with Crippen molar-refractivity contribution in [2.75, 3.05) is 39.8 Å². The Morgan fingerprint density at radius 1 is 1.26 bits per heavy atom. The number of carbonyl (C=O) groups is 3. The van der Waals surface area contributed by atoms with Gasteiger partial charge < -0.3 is 20.3 Å². The highest BCUT2D eigenvalue weighted by molar-refractivity contribution is 6.35. The lowest BCUT2D eigenvalue weighted by atomic mass is 9.94. The van der Waals surface area contributed by atoms with Crippen LogP contribution < -0.4 is 10.6 Å². The molecule has 1 aromatic rings. The summed E-state index contributed by atoms with van der Waals surface area (Å²) >= 11 is 12.5. The van der Waals surface area contributed by atoms with Crippen LogP contribution >= 0.6 is 23.2 Å². The third-order valence-electron chi connectivity index (χ3n) is 6.10. The second-order valence-electron chi connectivity index (χ2n) is 9.07. The smallest absolute Gasteiger partial charge is 0.338 e. The first kappa shape index (κ1) is 27.1. The third-order valence-corrected chi connectivity index (χ3v) is 6.67. The molecule has 0 radical (unpaired) electrons. The van der Waals surface area contributed by atoms with Crippen molar-refractivity contribution in [3.63, 3.8) is 0 Å². The van der Waals surface area contributed by atoms with E-state index in [0.29, 0.717) is 53.1 Å². The van der Waals surface area contributed by atoms with E-state index in [4.69, 9.17) is 27.9 Å². The first-order chi connectivity index (χ1) is 16.5. The van der Waals surface area contributed by atoms with E-state index >= 15 is 0 Å². The van der Waals surface area contributed by atoms with Gasteiger partial charge in [0.15, 0.2) is 0 Å². The predicted molar refractivity (Wildman–Crippen MR) is 135 cm³/mol. The van der Waals surface area contributed by atoms with Gasteiger partial charge in [-0.2, -0.15) is 0 Å².